The highest BCUT2D eigenvalue weighted by Crippen LogP contribution is 2.27. The summed E-state index contributed by atoms with van der Waals surface area (Å²) in [5.74, 6) is 0. The molecule has 0 radical (unpaired) electrons. The molecule has 0 saturated heterocycles. The zero-order chi connectivity index (χ0) is 14.9. The monoisotopic (exact) mass is 388 g/mol. The molecule has 0 aliphatic carbocycles. The molecule has 4 nitrogen and oxygen atoms in total. The second kappa shape index (κ2) is 5.89. The zero-order valence-corrected chi connectivity index (χ0v) is 14.3. The number of ether oxygens (including phenoxy) is 1. The Bertz CT molecular complexity index is 511. The van der Waals surface area contributed by atoms with Crippen molar-refractivity contribution in [3.63, 3.8) is 0 Å². The predicted molar refractivity (Wildman–Crippen MR) is 87.3 cm³/mol. The van der Waals surface area contributed by atoms with Crippen LogP contribution in [0.25, 0.3) is 0 Å². The van der Waals surface area contributed by atoms with Crippen LogP contribution in [0, 0.1) is 3.57 Å². The molecule has 110 valence electrons. The number of nitrogens with two attached hydrogens (primary N) is 1. The highest BCUT2D eigenvalue weighted by Gasteiger charge is 2.26. The summed E-state index contributed by atoms with van der Waals surface area (Å²) in [6, 6.07) is 6.19. The van der Waals surface area contributed by atoms with Crippen LogP contribution in [0.5, 0.6) is 0 Å². The molecule has 0 saturated carbocycles. The quantitative estimate of drug-likeness (QED) is 0.693. The van der Waals surface area contributed by atoms with Crippen molar-refractivity contribution in [3.8, 4) is 0 Å². The molecule has 0 unspecified atom stereocenters. The summed E-state index contributed by atoms with van der Waals surface area (Å²) in [4.78, 5) is 14.0. The zero-order valence-electron chi connectivity index (χ0n) is 12.1. The van der Waals surface area contributed by atoms with Crippen LogP contribution >= 0.6 is 22.6 Å². The maximum atomic E-state index is 12.2. The Hall–Kier alpha value is -0.820. The lowest BCUT2D eigenvalue weighted by Crippen LogP contribution is -2.36. The van der Waals surface area contributed by atoms with E-state index >= 15 is 0 Å². The van der Waals surface area contributed by atoms with Gasteiger partial charge in [0.25, 0.3) is 0 Å². The Morgan fingerprint density at radius 1 is 1.45 bits per heavy atom. The molecule has 2 N–H and O–H groups in total. The van der Waals surface area contributed by atoms with E-state index in [0.717, 1.165) is 17.5 Å². The summed E-state index contributed by atoms with van der Waals surface area (Å²) in [7, 11) is 0. The van der Waals surface area contributed by atoms with Crippen LogP contribution < -0.4 is 5.73 Å². The average molecular weight is 388 g/mol. The van der Waals surface area contributed by atoms with E-state index in [4.69, 9.17) is 10.5 Å². The number of benzene rings is 1. The second-order valence-electron chi connectivity index (χ2n) is 6.14. The number of halogens is 1. The van der Waals surface area contributed by atoms with Crippen LogP contribution in [0.2, 0.25) is 0 Å². The maximum Gasteiger partial charge on any atom is 0.410 e. The van der Waals surface area contributed by atoms with E-state index in [1.165, 1.54) is 3.57 Å². The summed E-state index contributed by atoms with van der Waals surface area (Å²) >= 11 is 2.28. The topological polar surface area (TPSA) is 55.6 Å². The number of carbonyl (C=O) groups excluding carboxylic acids is 1. The number of hydrogen-bond donors (Lipinski definition) is 1. The fourth-order valence-corrected chi connectivity index (χ4v) is 2.79. The first-order valence-electron chi connectivity index (χ1n) is 6.78. The first kappa shape index (κ1) is 15.6. The van der Waals surface area contributed by atoms with Crippen LogP contribution in [0.4, 0.5) is 4.79 Å². The molecule has 1 aliphatic rings. The Balaban J connectivity index is 2.20. The van der Waals surface area contributed by atoms with Crippen molar-refractivity contribution in [1.29, 1.82) is 0 Å². The SMILES string of the molecule is CC(C)(C)OC(=O)N1CC[C@@H](N)c2cc(I)ccc2C1. The van der Waals surface area contributed by atoms with Gasteiger partial charge in [-0.2, -0.15) is 0 Å². The Morgan fingerprint density at radius 2 is 2.15 bits per heavy atom. The minimum absolute atomic E-state index is 0.0212. The number of fused-ring (bicyclic) bond motifs is 1. The van der Waals surface area contributed by atoms with E-state index < -0.39 is 5.60 Å². The van der Waals surface area contributed by atoms with E-state index in [2.05, 4.69) is 34.7 Å². The van der Waals surface area contributed by atoms with Crippen molar-refractivity contribution >= 4 is 28.7 Å². The van der Waals surface area contributed by atoms with Crippen LogP contribution in [0.3, 0.4) is 0 Å². The third-order valence-corrected chi connectivity index (χ3v) is 3.90. The van der Waals surface area contributed by atoms with E-state index in [0.29, 0.717) is 13.1 Å². The van der Waals surface area contributed by atoms with Gasteiger partial charge >= 0.3 is 6.09 Å². The fourth-order valence-electron chi connectivity index (χ4n) is 2.27. The van der Waals surface area contributed by atoms with Crippen molar-refractivity contribution in [2.24, 2.45) is 5.73 Å². The predicted octanol–water partition coefficient (Wildman–Crippen LogP) is 3.43. The summed E-state index contributed by atoms with van der Waals surface area (Å²) < 4.78 is 6.62. The minimum Gasteiger partial charge on any atom is -0.444 e. The van der Waals surface area contributed by atoms with Gasteiger partial charge in [-0.25, -0.2) is 4.79 Å². The molecule has 1 aliphatic heterocycles. The normalized spacial score (nSPS) is 19.2. The van der Waals surface area contributed by atoms with Gasteiger partial charge in [0, 0.05) is 22.7 Å². The fraction of sp³-hybridized carbons (Fsp3) is 0.533. The Kier molecular flexibility index (Phi) is 4.59. The summed E-state index contributed by atoms with van der Waals surface area (Å²) in [5.41, 5.74) is 8.00. The van der Waals surface area contributed by atoms with E-state index in [1.807, 2.05) is 26.8 Å². The second-order valence-corrected chi connectivity index (χ2v) is 7.39. The summed E-state index contributed by atoms with van der Waals surface area (Å²) in [6.45, 7) is 6.83. The highest BCUT2D eigenvalue weighted by molar-refractivity contribution is 14.1. The van der Waals surface area contributed by atoms with Crippen molar-refractivity contribution in [1.82, 2.24) is 4.90 Å². The third-order valence-electron chi connectivity index (χ3n) is 3.23. The lowest BCUT2D eigenvalue weighted by Gasteiger charge is -2.26. The molecule has 5 heteroatoms. The van der Waals surface area contributed by atoms with Crippen molar-refractivity contribution < 1.29 is 9.53 Å². The Labute approximate surface area is 133 Å². The van der Waals surface area contributed by atoms with Gasteiger partial charge in [-0.1, -0.05) is 6.07 Å². The minimum atomic E-state index is -0.472. The number of rotatable bonds is 0. The smallest absolute Gasteiger partial charge is 0.410 e. The van der Waals surface area contributed by atoms with Crippen molar-refractivity contribution in [3.05, 3.63) is 32.9 Å². The summed E-state index contributed by atoms with van der Waals surface area (Å²) in [6.07, 6.45) is 0.489. The van der Waals surface area contributed by atoms with E-state index in [-0.39, 0.29) is 12.1 Å². The first-order chi connectivity index (χ1) is 9.26. The lowest BCUT2D eigenvalue weighted by molar-refractivity contribution is 0.0235. The largest absolute Gasteiger partial charge is 0.444 e. The number of amides is 1. The molecule has 0 aromatic heterocycles. The molecule has 1 heterocycles. The highest BCUT2D eigenvalue weighted by atomic mass is 127. The molecule has 1 amide bonds. The van der Waals surface area contributed by atoms with Crippen LogP contribution in [0.1, 0.15) is 44.4 Å². The van der Waals surface area contributed by atoms with Gasteiger partial charge in [0.2, 0.25) is 0 Å². The van der Waals surface area contributed by atoms with Gasteiger partial charge in [0.05, 0.1) is 0 Å². The number of carbonyl (C=O) groups is 1. The molecule has 0 spiro atoms. The van der Waals surface area contributed by atoms with Gasteiger partial charge in [-0.05, 0) is 73.0 Å². The number of hydrogen-bond acceptors (Lipinski definition) is 3. The molecular formula is C15H21IN2O2. The average Bonchev–Trinajstić information content (AvgIpc) is 2.48. The molecule has 1 aromatic rings. The van der Waals surface area contributed by atoms with Crippen molar-refractivity contribution in [2.45, 2.75) is 45.4 Å². The molecule has 0 bridgehead atoms. The third kappa shape index (κ3) is 3.85. The van der Waals surface area contributed by atoms with Crippen LogP contribution in [-0.4, -0.2) is 23.1 Å². The molecule has 2 rings (SSSR count). The summed E-state index contributed by atoms with van der Waals surface area (Å²) in [5, 5.41) is 0. The Morgan fingerprint density at radius 3 is 2.80 bits per heavy atom. The lowest BCUT2D eigenvalue weighted by atomic mass is 10.0. The van der Waals surface area contributed by atoms with Gasteiger partial charge in [-0.3, -0.25) is 0 Å². The van der Waals surface area contributed by atoms with E-state index in [1.54, 1.807) is 4.90 Å². The number of nitrogens with zero attached hydrogens (tertiary/aromatic N) is 1. The molecule has 1 atom stereocenters. The molecule has 1 aromatic carbocycles. The molecule has 20 heavy (non-hydrogen) atoms. The van der Waals surface area contributed by atoms with Crippen LogP contribution in [0.15, 0.2) is 18.2 Å². The van der Waals surface area contributed by atoms with Gasteiger partial charge in [0.15, 0.2) is 0 Å². The first-order valence-corrected chi connectivity index (χ1v) is 7.86. The van der Waals surface area contributed by atoms with Crippen LogP contribution in [-0.2, 0) is 11.3 Å². The van der Waals surface area contributed by atoms with Gasteiger partial charge in [-0.15, -0.1) is 0 Å². The standard InChI is InChI=1S/C15H21IN2O2/c1-15(2,3)20-14(19)18-7-6-13(17)12-8-11(16)5-4-10(12)9-18/h4-5,8,13H,6-7,9,17H2,1-3H3/t13-/m1/s1. The van der Waals surface area contributed by atoms with E-state index in [9.17, 15) is 4.79 Å². The molecular weight excluding hydrogens is 367 g/mol. The maximum absolute atomic E-state index is 12.2. The van der Waals surface area contributed by atoms with Crippen molar-refractivity contribution in [2.75, 3.05) is 6.54 Å². The molecule has 0 fully saturated rings. The van der Waals surface area contributed by atoms with Gasteiger partial charge in [0.1, 0.15) is 5.60 Å². The van der Waals surface area contributed by atoms with Gasteiger partial charge < -0.3 is 15.4 Å².